The molecule has 0 bridgehead atoms. The first-order valence-corrected chi connectivity index (χ1v) is 11.6. The third kappa shape index (κ3) is 4.63. The van der Waals surface area contributed by atoms with E-state index in [2.05, 4.69) is 31.9 Å². The Morgan fingerprint density at radius 2 is 1.81 bits per heavy atom. The first-order valence-electron chi connectivity index (χ1n) is 9.20. The van der Waals surface area contributed by atoms with Crippen molar-refractivity contribution in [1.82, 2.24) is 9.47 Å². The number of carbonyl (C=O) groups excluding carboxylic acids is 3. The number of methoxy groups -OCH3 is 1. The topological polar surface area (TPSA) is 68.6 Å². The molecule has 1 aromatic heterocycles. The summed E-state index contributed by atoms with van der Waals surface area (Å²) in [6.45, 7) is 0.262. The molecule has 0 unspecified atom stereocenters. The van der Waals surface area contributed by atoms with Crippen LogP contribution in [0.5, 0.6) is 0 Å². The van der Waals surface area contributed by atoms with E-state index in [1.165, 1.54) is 12.0 Å². The molecule has 0 spiro atoms. The van der Waals surface area contributed by atoms with Crippen molar-refractivity contribution in [2.24, 2.45) is 0 Å². The normalized spacial score (nSPS) is 15.3. The van der Waals surface area contributed by atoms with E-state index in [-0.39, 0.29) is 30.2 Å². The Kier molecular flexibility index (Phi) is 6.36. The van der Waals surface area contributed by atoms with Crippen molar-refractivity contribution in [2.75, 3.05) is 7.11 Å². The minimum atomic E-state index is -0.374. The summed E-state index contributed by atoms with van der Waals surface area (Å²) in [5, 5.41) is 0.552. The number of thioether (sulfide) groups is 1. The lowest BCUT2D eigenvalue weighted by molar-refractivity contribution is -0.141. The Labute approximate surface area is 199 Å². The SMILES string of the molecule is COC(=O)Cn1cc(/C=C2\SC(=O)N(Cc3ccc(Br)cc3)C2=O)c2cc(Br)ccc21. The summed E-state index contributed by atoms with van der Waals surface area (Å²) in [4.78, 5) is 38.8. The summed E-state index contributed by atoms with van der Waals surface area (Å²) in [6, 6.07) is 13.2. The number of esters is 1. The van der Waals surface area contributed by atoms with Crippen LogP contribution in [0, 0.1) is 0 Å². The molecule has 0 atom stereocenters. The van der Waals surface area contributed by atoms with E-state index in [9.17, 15) is 14.4 Å². The van der Waals surface area contributed by atoms with Crippen molar-refractivity contribution < 1.29 is 19.1 Å². The van der Waals surface area contributed by atoms with E-state index in [1.54, 1.807) is 16.8 Å². The van der Waals surface area contributed by atoms with E-state index >= 15 is 0 Å². The van der Waals surface area contributed by atoms with Gasteiger partial charge in [0.15, 0.2) is 0 Å². The summed E-state index contributed by atoms with van der Waals surface area (Å²) >= 11 is 7.76. The van der Waals surface area contributed by atoms with E-state index < -0.39 is 0 Å². The second kappa shape index (κ2) is 9.02. The van der Waals surface area contributed by atoms with Crippen LogP contribution in [0.1, 0.15) is 11.1 Å². The largest absolute Gasteiger partial charge is 0.468 e. The van der Waals surface area contributed by atoms with Crippen LogP contribution in [0.25, 0.3) is 17.0 Å². The average molecular weight is 564 g/mol. The molecule has 1 aliphatic heterocycles. The van der Waals surface area contributed by atoms with Crippen LogP contribution >= 0.6 is 43.6 Å². The van der Waals surface area contributed by atoms with Gasteiger partial charge in [0.25, 0.3) is 11.1 Å². The highest BCUT2D eigenvalue weighted by Gasteiger charge is 2.35. The van der Waals surface area contributed by atoms with Crippen LogP contribution in [-0.4, -0.2) is 33.7 Å². The Morgan fingerprint density at radius 3 is 2.52 bits per heavy atom. The third-order valence-electron chi connectivity index (χ3n) is 4.82. The fourth-order valence-corrected chi connectivity index (χ4v) is 4.75. The Bertz CT molecular complexity index is 1230. The minimum absolute atomic E-state index is 0.0491. The predicted octanol–water partition coefficient (Wildman–Crippen LogP) is 5.58. The van der Waals surface area contributed by atoms with Gasteiger partial charge < -0.3 is 9.30 Å². The van der Waals surface area contributed by atoms with Gasteiger partial charge in [0.2, 0.25) is 0 Å². The maximum absolute atomic E-state index is 12.9. The summed E-state index contributed by atoms with van der Waals surface area (Å²) in [6.07, 6.45) is 3.49. The zero-order chi connectivity index (χ0) is 22.1. The first-order chi connectivity index (χ1) is 14.9. The molecule has 9 heteroatoms. The van der Waals surface area contributed by atoms with Crippen molar-refractivity contribution in [3.63, 3.8) is 0 Å². The number of hydrogen-bond acceptors (Lipinski definition) is 5. The molecule has 0 saturated carbocycles. The minimum Gasteiger partial charge on any atom is -0.468 e. The number of fused-ring (bicyclic) bond motifs is 1. The molecular weight excluding hydrogens is 548 g/mol. The smallest absolute Gasteiger partial charge is 0.325 e. The van der Waals surface area contributed by atoms with E-state index in [0.717, 1.165) is 42.7 Å². The van der Waals surface area contributed by atoms with Crippen molar-refractivity contribution >= 4 is 77.7 Å². The lowest BCUT2D eigenvalue weighted by atomic mass is 10.1. The molecule has 0 aliphatic carbocycles. The number of benzene rings is 2. The second-order valence-corrected chi connectivity index (χ2v) is 9.67. The standard InChI is InChI=1S/C22H16Br2N2O4S/c1-30-20(27)12-25-11-14(17-9-16(24)6-7-18(17)25)8-19-21(28)26(22(29)31-19)10-13-2-4-15(23)5-3-13/h2-9,11H,10,12H2,1H3/b19-8-. The van der Waals surface area contributed by atoms with Crippen LogP contribution in [-0.2, 0) is 27.4 Å². The van der Waals surface area contributed by atoms with Crippen molar-refractivity contribution in [2.45, 2.75) is 13.1 Å². The molecule has 2 heterocycles. The van der Waals surface area contributed by atoms with Crippen LogP contribution in [0.15, 0.2) is 62.5 Å². The number of carbonyl (C=O) groups is 3. The zero-order valence-corrected chi connectivity index (χ0v) is 20.3. The van der Waals surface area contributed by atoms with Crippen LogP contribution < -0.4 is 0 Å². The second-order valence-electron chi connectivity index (χ2n) is 6.84. The van der Waals surface area contributed by atoms with Crippen LogP contribution in [0.4, 0.5) is 4.79 Å². The van der Waals surface area contributed by atoms with E-state index in [1.807, 2.05) is 42.5 Å². The summed E-state index contributed by atoms with van der Waals surface area (Å²) in [5.74, 6) is -0.706. The number of halogens is 2. The molecule has 4 rings (SSSR count). The molecule has 0 N–H and O–H groups in total. The number of amides is 2. The lowest BCUT2D eigenvalue weighted by Crippen LogP contribution is -2.27. The van der Waals surface area contributed by atoms with Gasteiger partial charge in [0.1, 0.15) is 6.54 Å². The number of imide groups is 1. The lowest BCUT2D eigenvalue weighted by Gasteiger charge is -2.12. The molecule has 1 saturated heterocycles. The number of ether oxygens (including phenoxy) is 1. The van der Waals surface area contributed by atoms with Gasteiger partial charge in [-0.05, 0) is 53.7 Å². The molecular formula is C22H16Br2N2O4S. The maximum Gasteiger partial charge on any atom is 0.325 e. The third-order valence-corrected chi connectivity index (χ3v) is 6.74. The molecule has 158 valence electrons. The van der Waals surface area contributed by atoms with Gasteiger partial charge in [-0.1, -0.05) is 44.0 Å². The van der Waals surface area contributed by atoms with Gasteiger partial charge in [-0.15, -0.1) is 0 Å². The van der Waals surface area contributed by atoms with Crippen molar-refractivity contribution in [3.05, 3.63) is 73.6 Å². The molecule has 31 heavy (non-hydrogen) atoms. The summed E-state index contributed by atoms with van der Waals surface area (Å²) in [7, 11) is 1.34. The van der Waals surface area contributed by atoms with E-state index in [0.29, 0.717) is 4.91 Å². The highest BCUT2D eigenvalue weighted by Crippen LogP contribution is 2.35. The highest BCUT2D eigenvalue weighted by molar-refractivity contribution is 9.10. The molecule has 2 amide bonds. The fourth-order valence-electron chi connectivity index (χ4n) is 3.30. The zero-order valence-electron chi connectivity index (χ0n) is 16.3. The Morgan fingerprint density at radius 1 is 1.10 bits per heavy atom. The van der Waals surface area contributed by atoms with Crippen molar-refractivity contribution in [3.8, 4) is 0 Å². The molecule has 3 aromatic rings. The van der Waals surface area contributed by atoms with Gasteiger partial charge in [-0.2, -0.15) is 0 Å². The van der Waals surface area contributed by atoms with Gasteiger partial charge in [0.05, 0.1) is 18.6 Å². The predicted molar refractivity (Wildman–Crippen MR) is 127 cm³/mol. The number of nitrogens with zero attached hydrogens (tertiary/aromatic N) is 2. The van der Waals surface area contributed by atoms with Crippen LogP contribution in [0.2, 0.25) is 0 Å². The fraction of sp³-hybridized carbons (Fsp3) is 0.136. The Hall–Kier alpha value is -2.36. The van der Waals surface area contributed by atoms with Gasteiger partial charge in [0, 0.05) is 31.6 Å². The monoisotopic (exact) mass is 562 g/mol. The van der Waals surface area contributed by atoms with Gasteiger partial charge in [-0.25, -0.2) is 0 Å². The molecule has 2 aromatic carbocycles. The summed E-state index contributed by atoms with van der Waals surface area (Å²) < 4.78 is 8.35. The number of rotatable bonds is 5. The Balaban J connectivity index is 1.67. The number of hydrogen-bond donors (Lipinski definition) is 0. The maximum atomic E-state index is 12.9. The molecule has 6 nitrogen and oxygen atoms in total. The van der Waals surface area contributed by atoms with E-state index in [4.69, 9.17) is 4.74 Å². The first kappa shape index (κ1) is 21.9. The molecule has 1 aliphatic rings. The number of aromatic nitrogens is 1. The highest BCUT2D eigenvalue weighted by atomic mass is 79.9. The van der Waals surface area contributed by atoms with Gasteiger partial charge >= 0.3 is 5.97 Å². The van der Waals surface area contributed by atoms with Crippen molar-refractivity contribution in [1.29, 1.82) is 0 Å². The quantitative estimate of drug-likeness (QED) is 0.299. The summed E-state index contributed by atoms with van der Waals surface area (Å²) in [5.41, 5.74) is 2.44. The molecule has 1 fully saturated rings. The average Bonchev–Trinajstić information content (AvgIpc) is 3.21. The van der Waals surface area contributed by atoms with Crippen LogP contribution in [0.3, 0.4) is 0 Å². The molecule has 0 radical (unpaired) electrons. The van der Waals surface area contributed by atoms with Gasteiger partial charge in [-0.3, -0.25) is 19.3 Å².